The van der Waals surface area contributed by atoms with E-state index in [0.717, 1.165) is 27.6 Å². The Labute approximate surface area is 211 Å². The van der Waals surface area contributed by atoms with Gasteiger partial charge in [-0.1, -0.05) is 12.1 Å². The number of carbonyl (C=O) groups excluding carboxylic acids is 2. The average Bonchev–Trinajstić information content (AvgIpc) is 2.85. The molecule has 0 aliphatic heterocycles. The van der Waals surface area contributed by atoms with Crippen LogP contribution in [0.1, 0.15) is 37.6 Å². The lowest BCUT2D eigenvalue weighted by molar-refractivity contribution is -0.120. The van der Waals surface area contributed by atoms with E-state index in [4.69, 9.17) is 18.9 Å². The van der Waals surface area contributed by atoms with Crippen LogP contribution in [0.2, 0.25) is 0 Å². The largest absolute Gasteiger partial charge is 0.497 e. The fourth-order valence-electron chi connectivity index (χ4n) is 3.61. The number of alkyl carbamates (subject to hydrolysis) is 1. The van der Waals surface area contributed by atoms with Gasteiger partial charge in [0.2, 0.25) is 5.91 Å². The summed E-state index contributed by atoms with van der Waals surface area (Å²) in [5, 5.41) is 7.20. The van der Waals surface area contributed by atoms with Crippen molar-refractivity contribution in [3.05, 3.63) is 59.4 Å². The number of hydrogen-bond donors (Lipinski definition) is 2. The molecule has 192 valence electrons. The average molecular weight is 496 g/mol. The number of nitrogens with one attached hydrogen (secondary N) is 2. The minimum atomic E-state index is -0.612. The third kappa shape index (κ3) is 7.00. The van der Waals surface area contributed by atoms with Crippen molar-refractivity contribution in [2.24, 2.45) is 0 Å². The molecule has 1 aromatic heterocycles. The normalized spacial score (nSPS) is 11.1. The van der Waals surface area contributed by atoms with E-state index < -0.39 is 11.7 Å². The van der Waals surface area contributed by atoms with E-state index in [2.05, 4.69) is 15.6 Å². The Balaban J connectivity index is 1.82. The van der Waals surface area contributed by atoms with Gasteiger partial charge in [0.25, 0.3) is 0 Å². The van der Waals surface area contributed by atoms with Gasteiger partial charge in [0.1, 0.15) is 11.4 Å². The van der Waals surface area contributed by atoms with Crippen molar-refractivity contribution in [2.75, 3.05) is 21.3 Å². The highest BCUT2D eigenvalue weighted by Crippen LogP contribution is 2.35. The van der Waals surface area contributed by atoms with Crippen molar-refractivity contribution in [1.29, 1.82) is 0 Å². The summed E-state index contributed by atoms with van der Waals surface area (Å²) in [6.07, 6.45) is 1.22. The Hall–Kier alpha value is -4.01. The van der Waals surface area contributed by atoms with Crippen LogP contribution in [0.5, 0.6) is 17.2 Å². The number of nitrogens with zero attached hydrogens (tertiary/aromatic N) is 1. The zero-order chi connectivity index (χ0) is 26.3. The van der Waals surface area contributed by atoms with Crippen LogP contribution < -0.4 is 24.8 Å². The summed E-state index contributed by atoms with van der Waals surface area (Å²) in [6, 6.07) is 11.1. The monoisotopic (exact) mass is 495 g/mol. The summed E-state index contributed by atoms with van der Waals surface area (Å²) in [6.45, 7) is 5.93. The summed E-state index contributed by atoms with van der Waals surface area (Å²) in [5.41, 5.74) is 1.68. The molecule has 9 nitrogen and oxygen atoms in total. The number of hydrogen-bond acceptors (Lipinski definition) is 7. The molecule has 9 heteroatoms. The fraction of sp³-hybridized carbons (Fsp3) is 0.370. The molecule has 2 amide bonds. The topological polar surface area (TPSA) is 108 Å². The molecule has 0 saturated heterocycles. The number of carbonyl (C=O) groups is 2. The van der Waals surface area contributed by atoms with Gasteiger partial charge in [-0.2, -0.15) is 0 Å². The highest BCUT2D eigenvalue weighted by Gasteiger charge is 2.18. The molecular formula is C27H33N3O6. The molecular weight excluding hydrogens is 462 g/mol. The number of ether oxygens (including phenoxy) is 4. The molecule has 0 bridgehead atoms. The molecule has 0 fully saturated rings. The highest BCUT2D eigenvalue weighted by atomic mass is 16.6. The van der Waals surface area contributed by atoms with Crippen molar-refractivity contribution >= 4 is 22.8 Å². The second-order valence-corrected chi connectivity index (χ2v) is 9.14. The molecule has 36 heavy (non-hydrogen) atoms. The number of methoxy groups -OCH3 is 3. The van der Waals surface area contributed by atoms with Crippen LogP contribution in [0.25, 0.3) is 10.8 Å². The molecule has 3 aromatic rings. The van der Waals surface area contributed by atoms with Crippen LogP contribution in [0.15, 0.2) is 42.6 Å². The first-order valence-corrected chi connectivity index (χ1v) is 11.5. The maximum Gasteiger partial charge on any atom is 0.407 e. The van der Waals surface area contributed by atoms with E-state index in [9.17, 15) is 9.59 Å². The summed E-state index contributed by atoms with van der Waals surface area (Å²) in [4.78, 5) is 29.5. The Bertz CT molecular complexity index is 1220. The van der Waals surface area contributed by atoms with Crippen LogP contribution in [0, 0.1) is 0 Å². The maximum absolute atomic E-state index is 12.8. The second kappa shape index (κ2) is 11.6. The Morgan fingerprint density at radius 2 is 1.50 bits per heavy atom. The van der Waals surface area contributed by atoms with Gasteiger partial charge in [0.05, 0.1) is 40.0 Å². The number of rotatable bonds is 9. The molecule has 0 radical (unpaired) electrons. The number of amides is 2. The van der Waals surface area contributed by atoms with Gasteiger partial charge in [-0.05, 0) is 61.5 Å². The number of aromatic nitrogens is 1. The second-order valence-electron chi connectivity index (χ2n) is 9.14. The van der Waals surface area contributed by atoms with E-state index in [-0.39, 0.29) is 18.9 Å². The summed E-state index contributed by atoms with van der Waals surface area (Å²) in [5.74, 6) is 1.66. The fourth-order valence-corrected chi connectivity index (χ4v) is 3.61. The van der Waals surface area contributed by atoms with Gasteiger partial charge < -0.3 is 29.6 Å². The molecule has 0 spiro atoms. The van der Waals surface area contributed by atoms with E-state index in [1.165, 1.54) is 0 Å². The highest BCUT2D eigenvalue weighted by molar-refractivity contribution is 5.93. The van der Waals surface area contributed by atoms with Crippen LogP contribution in [0.3, 0.4) is 0 Å². The summed E-state index contributed by atoms with van der Waals surface area (Å²) in [7, 11) is 4.71. The molecule has 1 heterocycles. The molecule has 0 aliphatic rings. The summed E-state index contributed by atoms with van der Waals surface area (Å²) < 4.78 is 21.4. The lowest BCUT2D eigenvalue weighted by Crippen LogP contribution is -2.32. The molecule has 0 saturated carbocycles. The van der Waals surface area contributed by atoms with Crippen molar-refractivity contribution in [3.63, 3.8) is 0 Å². The number of pyridine rings is 1. The SMILES string of the molecule is COc1ccc(CNC(=O)Cc2cnc(CNC(=O)OC(C)(C)C)c3cc(OC)c(OC)cc23)cc1. The summed E-state index contributed by atoms with van der Waals surface area (Å²) >= 11 is 0. The first-order chi connectivity index (χ1) is 17.1. The standard InChI is InChI=1S/C27H33N3O6/c1-27(2,3)36-26(32)30-16-22-21-13-24(35-6)23(34-5)12-20(21)18(15-28-22)11-25(31)29-14-17-7-9-19(33-4)10-8-17/h7-10,12-13,15H,11,14,16H2,1-6H3,(H,29,31)(H,30,32). The molecule has 3 rings (SSSR count). The van der Waals surface area contributed by atoms with E-state index in [1.807, 2.05) is 30.3 Å². The molecule has 2 aromatic carbocycles. The zero-order valence-electron chi connectivity index (χ0n) is 21.6. The van der Waals surface area contributed by atoms with Crippen LogP contribution in [-0.4, -0.2) is 43.9 Å². The predicted octanol–water partition coefficient (Wildman–Crippen LogP) is 4.14. The smallest absolute Gasteiger partial charge is 0.407 e. The van der Waals surface area contributed by atoms with Gasteiger partial charge in [0.15, 0.2) is 11.5 Å². The number of fused-ring (bicyclic) bond motifs is 1. The van der Waals surface area contributed by atoms with Crippen LogP contribution in [0.4, 0.5) is 4.79 Å². The Morgan fingerprint density at radius 1 is 0.861 bits per heavy atom. The predicted molar refractivity (Wildman–Crippen MR) is 136 cm³/mol. The Morgan fingerprint density at radius 3 is 2.08 bits per heavy atom. The lowest BCUT2D eigenvalue weighted by Gasteiger charge is -2.20. The first kappa shape index (κ1) is 26.6. The van der Waals surface area contributed by atoms with Crippen molar-refractivity contribution < 1.29 is 28.5 Å². The molecule has 0 atom stereocenters. The van der Waals surface area contributed by atoms with E-state index in [0.29, 0.717) is 23.7 Å². The van der Waals surface area contributed by atoms with E-state index in [1.54, 1.807) is 54.4 Å². The third-order valence-corrected chi connectivity index (χ3v) is 5.36. The van der Waals surface area contributed by atoms with Gasteiger partial charge in [0, 0.05) is 18.1 Å². The molecule has 0 aliphatic carbocycles. The quantitative estimate of drug-likeness (QED) is 0.459. The van der Waals surface area contributed by atoms with E-state index >= 15 is 0 Å². The van der Waals surface area contributed by atoms with Gasteiger partial charge >= 0.3 is 6.09 Å². The molecule has 2 N–H and O–H groups in total. The Kier molecular flexibility index (Phi) is 8.58. The molecule has 0 unspecified atom stereocenters. The van der Waals surface area contributed by atoms with Crippen molar-refractivity contribution in [1.82, 2.24) is 15.6 Å². The van der Waals surface area contributed by atoms with Crippen LogP contribution in [-0.2, 0) is 29.0 Å². The van der Waals surface area contributed by atoms with Crippen LogP contribution >= 0.6 is 0 Å². The maximum atomic E-state index is 12.8. The minimum absolute atomic E-state index is 0.120. The van der Waals surface area contributed by atoms with Gasteiger partial charge in [-0.25, -0.2) is 4.79 Å². The number of benzene rings is 2. The lowest BCUT2D eigenvalue weighted by atomic mass is 10.0. The minimum Gasteiger partial charge on any atom is -0.497 e. The third-order valence-electron chi connectivity index (χ3n) is 5.36. The zero-order valence-corrected chi connectivity index (χ0v) is 21.6. The van der Waals surface area contributed by atoms with Crippen molar-refractivity contribution in [3.8, 4) is 17.2 Å². The first-order valence-electron chi connectivity index (χ1n) is 11.5. The van der Waals surface area contributed by atoms with Gasteiger partial charge in [-0.15, -0.1) is 0 Å². The van der Waals surface area contributed by atoms with Crippen molar-refractivity contribution in [2.45, 2.75) is 45.9 Å². The van der Waals surface area contributed by atoms with Gasteiger partial charge in [-0.3, -0.25) is 9.78 Å².